The third-order valence-electron chi connectivity index (χ3n) is 1.06. The fourth-order valence-electron chi connectivity index (χ4n) is 0.502. The minimum absolute atomic E-state index is 0.115. The summed E-state index contributed by atoms with van der Waals surface area (Å²) in [6.45, 7) is 0.443. The molecule has 0 rings (SSSR count). The monoisotopic (exact) mass is 146 g/mol. The number of amides is 1. The third-order valence-corrected chi connectivity index (χ3v) is 1.06. The molecular weight excluding hydrogens is 132 g/mol. The van der Waals surface area contributed by atoms with Crippen molar-refractivity contribution in [2.75, 3.05) is 27.4 Å². The molecule has 0 aliphatic carbocycles. The predicted molar refractivity (Wildman–Crippen MR) is 38.4 cm³/mol. The lowest BCUT2D eigenvalue weighted by Gasteiger charge is -2.07. The third kappa shape index (κ3) is 5.53. The van der Waals surface area contributed by atoms with E-state index >= 15 is 0 Å². The molecule has 0 saturated carbocycles. The number of nitrogens with one attached hydrogen (secondary N) is 1. The summed E-state index contributed by atoms with van der Waals surface area (Å²) in [5.74, 6) is -0.115. The van der Waals surface area contributed by atoms with Crippen molar-refractivity contribution in [3.05, 3.63) is 0 Å². The fraction of sp³-hybridized carbons (Fsp3) is 0.833. The van der Waals surface area contributed by atoms with Crippen LogP contribution >= 0.6 is 0 Å². The molecule has 0 aliphatic rings. The van der Waals surface area contributed by atoms with Gasteiger partial charge in [0.25, 0.3) is 0 Å². The van der Waals surface area contributed by atoms with Crippen LogP contribution in [0.2, 0.25) is 0 Å². The summed E-state index contributed by atoms with van der Waals surface area (Å²) in [5, 5.41) is 10.5. The minimum atomic E-state index is -0.272. The van der Waals surface area contributed by atoms with Crippen molar-refractivity contribution in [3.63, 3.8) is 0 Å². The fourth-order valence-corrected chi connectivity index (χ4v) is 0.502. The summed E-state index contributed by atoms with van der Waals surface area (Å²) in [7, 11) is 3.79. The number of nitrogens with zero attached hydrogens (tertiary/aromatic N) is 1. The van der Waals surface area contributed by atoms with Gasteiger partial charge in [0, 0.05) is 13.0 Å². The van der Waals surface area contributed by atoms with Crippen molar-refractivity contribution in [3.8, 4) is 0 Å². The average molecular weight is 146 g/mol. The van der Waals surface area contributed by atoms with Crippen molar-refractivity contribution in [1.82, 2.24) is 10.2 Å². The molecule has 0 aromatic carbocycles. The van der Waals surface area contributed by atoms with E-state index in [-0.39, 0.29) is 12.6 Å². The molecule has 0 heterocycles. The molecule has 10 heavy (non-hydrogen) atoms. The Morgan fingerprint density at radius 2 is 2.20 bits per heavy atom. The zero-order valence-corrected chi connectivity index (χ0v) is 6.42. The highest BCUT2D eigenvalue weighted by atomic mass is 16.3. The Morgan fingerprint density at radius 1 is 1.60 bits per heavy atom. The largest absolute Gasteiger partial charge is 0.377 e. The van der Waals surface area contributed by atoms with E-state index in [2.05, 4.69) is 5.32 Å². The van der Waals surface area contributed by atoms with Crippen LogP contribution < -0.4 is 5.32 Å². The van der Waals surface area contributed by atoms with Crippen LogP contribution in [0.25, 0.3) is 0 Å². The molecule has 0 aromatic rings. The van der Waals surface area contributed by atoms with Gasteiger partial charge in [-0.05, 0) is 14.1 Å². The SMILES string of the molecule is CN(C)CCC(=O)NCO. The molecule has 4 nitrogen and oxygen atoms in total. The molecule has 0 fully saturated rings. The number of hydrogen-bond donors (Lipinski definition) is 2. The Labute approximate surface area is 60.8 Å². The molecule has 0 radical (unpaired) electrons. The van der Waals surface area contributed by atoms with Crippen molar-refractivity contribution in [2.45, 2.75) is 6.42 Å². The Bertz CT molecular complexity index is 104. The first-order valence-electron chi connectivity index (χ1n) is 3.19. The molecule has 0 saturated heterocycles. The molecule has 0 unspecified atom stereocenters. The zero-order valence-electron chi connectivity index (χ0n) is 6.42. The highest BCUT2D eigenvalue weighted by molar-refractivity contribution is 5.75. The zero-order chi connectivity index (χ0) is 7.98. The normalized spacial score (nSPS) is 10.0. The Balaban J connectivity index is 3.22. The van der Waals surface area contributed by atoms with Crippen LogP contribution in [-0.2, 0) is 4.79 Å². The molecule has 0 bridgehead atoms. The minimum Gasteiger partial charge on any atom is -0.377 e. The van der Waals surface area contributed by atoms with Crippen molar-refractivity contribution in [1.29, 1.82) is 0 Å². The maximum absolute atomic E-state index is 10.6. The topological polar surface area (TPSA) is 52.6 Å². The molecule has 0 atom stereocenters. The highest BCUT2D eigenvalue weighted by Crippen LogP contribution is 1.81. The van der Waals surface area contributed by atoms with Crippen LogP contribution in [0, 0.1) is 0 Å². The Hall–Kier alpha value is -0.610. The number of aliphatic hydroxyl groups is 1. The predicted octanol–water partition coefficient (Wildman–Crippen LogP) is -0.996. The average Bonchev–Trinajstić information content (AvgIpc) is 1.85. The van der Waals surface area contributed by atoms with Crippen LogP contribution in [-0.4, -0.2) is 43.3 Å². The first-order valence-corrected chi connectivity index (χ1v) is 3.19. The van der Waals surface area contributed by atoms with Gasteiger partial charge in [-0.15, -0.1) is 0 Å². The molecule has 0 aliphatic heterocycles. The number of carbonyl (C=O) groups is 1. The molecule has 0 aromatic heterocycles. The lowest BCUT2D eigenvalue weighted by molar-refractivity contribution is -0.122. The second-order valence-corrected chi connectivity index (χ2v) is 2.31. The summed E-state index contributed by atoms with van der Waals surface area (Å²) in [5.41, 5.74) is 0. The number of rotatable bonds is 4. The Morgan fingerprint density at radius 3 is 2.60 bits per heavy atom. The van der Waals surface area contributed by atoms with E-state index in [1.54, 1.807) is 0 Å². The van der Waals surface area contributed by atoms with Crippen molar-refractivity contribution >= 4 is 5.91 Å². The van der Waals surface area contributed by atoms with Gasteiger partial charge in [-0.2, -0.15) is 0 Å². The summed E-state index contributed by atoms with van der Waals surface area (Å²) in [6, 6.07) is 0. The number of carbonyl (C=O) groups excluding carboxylic acids is 1. The van der Waals surface area contributed by atoms with Gasteiger partial charge in [-0.1, -0.05) is 0 Å². The van der Waals surface area contributed by atoms with Crippen LogP contribution in [0.4, 0.5) is 0 Å². The van der Waals surface area contributed by atoms with Gasteiger partial charge in [0.1, 0.15) is 6.73 Å². The van der Waals surface area contributed by atoms with Gasteiger partial charge in [0.15, 0.2) is 0 Å². The smallest absolute Gasteiger partial charge is 0.223 e. The van der Waals surface area contributed by atoms with Gasteiger partial charge < -0.3 is 15.3 Å². The van der Waals surface area contributed by atoms with Gasteiger partial charge in [-0.3, -0.25) is 4.79 Å². The van der Waals surface area contributed by atoms with Crippen LogP contribution in [0.3, 0.4) is 0 Å². The van der Waals surface area contributed by atoms with E-state index in [1.807, 2.05) is 19.0 Å². The molecular formula is C6H14N2O2. The van der Waals surface area contributed by atoms with E-state index in [9.17, 15) is 4.79 Å². The number of aliphatic hydroxyl groups excluding tert-OH is 1. The summed E-state index contributed by atoms with van der Waals surface area (Å²) < 4.78 is 0. The summed E-state index contributed by atoms with van der Waals surface area (Å²) in [6.07, 6.45) is 0.438. The number of hydrogen-bond acceptors (Lipinski definition) is 3. The first-order chi connectivity index (χ1) is 4.66. The van der Waals surface area contributed by atoms with E-state index < -0.39 is 0 Å². The van der Waals surface area contributed by atoms with Crippen LogP contribution in [0.15, 0.2) is 0 Å². The summed E-state index contributed by atoms with van der Waals surface area (Å²) in [4.78, 5) is 12.6. The van der Waals surface area contributed by atoms with Crippen LogP contribution in [0.1, 0.15) is 6.42 Å². The van der Waals surface area contributed by atoms with Crippen molar-refractivity contribution < 1.29 is 9.90 Å². The van der Waals surface area contributed by atoms with Gasteiger partial charge in [0.05, 0.1) is 0 Å². The lowest BCUT2D eigenvalue weighted by atomic mass is 10.4. The first kappa shape index (κ1) is 9.39. The van der Waals surface area contributed by atoms with Crippen LogP contribution in [0.5, 0.6) is 0 Å². The molecule has 60 valence electrons. The van der Waals surface area contributed by atoms with Gasteiger partial charge >= 0.3 is 0 Å². The standard InChI is InChI=1S/C6H14N2O2/c1-8(2)4-3-6(10)7-5-9/h9H,3-5H2,1-2H3,(H,7,10). The quantitative estimate of drug-likeness (QED) is 0.500. The second kappa shape index (κ2) is 5.20. The van der Waals surface area contributed by atoms with E-state index in [0.717, 1.165) is 0 Å². The van der Waals surface area contributed by atoms with E-state index in [4.69, 9.17) is 5.11 Å². The van der Waals surface area contributed by atoms with E-state index in [1.165, 1.54) is 0 Å². The maximum atomic E-state index is 10.6. The molecule has 0 spiro atoms. The van der Waals surface area contributed by atoms with E-state index in [0.29, 0.717) is 13.0 Å². The lowest BCUT2D eigenvalue weighted by Crippen LogP contribution is -2.27. The van der Waals surface area contributed by atoms with Crippen molar-refractivity contribution in [2.24, 2.45) is 0 Å². The molecule has 1 amide bonds. The Kier molecular flexibility index (Phi) is 4.88. The molecule has 4 heteroatoms. The second-order valence-electron chi connectivity index (χ2n) is 2.31. The van der Waals surface area contributed by atoms with Gasteiger partial charge in [-0.25, -0.2) is 0 Å². The maximum Gasteiger partial charge on any atom is 0.223 e. The highest BCUT2D eigenvalue weighted by Gasteiger charge is 1.98. The summed E-state index contributed by atoms with van der Waals surface area (Å²) >= 11 is 0. The van der Waals surface area contributed by atoms with Gasteiger partial charge in [0.2, 0.25) is 5.91 Å². The molecule has 2 N–H and O–H groups in total.